The highest BCUT2D eigenvalue weighted by molar-refractivity contribution is 6.01. The lowest BCUT2D eigenvalue weighted by Crippen LogP contribution is -1.82. The van der Waals surface area contributed by atoms with Crippen LogP contribution in [0.4, 0.5) is 5.69 Å². The molecule has 3 nitrogen and oxygen atoms in total. The number of hydrogen-bond acceptors (Lipinski definition) is 2. The van der Waals surface area contributed by atoms with Crippen molar-refractivity contribution in [3.05, 3.63) is 65.4 Å². The van der Waals surface area contributed by atoms with Gasteiger partial charge in [-0.3, -0.25) is 4.99 Å². The normalized spacial score (nSPS) is 11.0. The number of nitrogens with one attached hydrogen (secondary N) is 1. The van der Waals surface area contributed by atoms with Crippen molar-refractivity contribution in [3.8, 4) is 6.07 Å². The average molecular weight is 259 g/mol. The molecule has 1 N–H and O–H groups in total. The molecule has 0 bridgehead atoms. The number of aromatic amines is 1. The monoisotopic (exact) mass is 259 g/mol. The molecule has 3 rings (SSSR count). The highest BCUT2D eigenvalue weighted by atomic mass is 14.7. The van der Waals surface area contributed by atoms with Crippen molar-refractivity contribution in [1.82, 2.24) is 4.98 Å². The minimum Gasteiger partial charge on any atom is -0.358 e. The predicted octanol–water partition coefficient (Wildman–Crippen LogP) is 4.10. The van der Waals surface area contributed by atoms with E-state index < -0.39 is 0 Å². The van der Waals surface area contributed by atoms with Gasteiger partial charge >= 0.3 is 0 Å². The Morgan fingerprint density at radius 2 is 1.85 bits per heavy atom. The molecular formula is C17H13N3. The van der Waals surface area contributed by atoms with Crippen LogP contribution in [0.2, 0.25) is 0 Å². The molecule has 3 aromatic rings. The number of benzene rings is 2. The summed E-state index contributed by atoms with van der Waals surface area (Å²) in [7, 11) is 0. The number of nitrogens with zero attached hydrogens (tertiary/aromatic N) is 2. The molecule has 0 saturated heterocycles. The van der Waals surface area contributed by atoms with Crippen molar-refractivity contribution in [2.75, 3.05) is 0 Å². The summed E-state index contributed by atoms with van der Waals surface area (Å²) in [5, 5.41) is 9.94. The van der Waals surface area contributed by atoms with Gasteiger partial charge in [-0.15, -0.1) is 0 Å². The van der Waals surface area contributed by atoms with Crippen LogP contribution in [0.1, 0.15) is 16.8 Å². The summed E-state index contributed by atoms with van der Waals surface area (Å²) in [5.74, 6) is 0. The maximum absolute atomic E-state index is 8.77. The van der Waals surface area contributed by atoms with Gasteiger partial charge in [0.15, 0.2) is 0 Å². The van der Waals surface area contributed by atoms with Gasteiger partial charge in [0, 0.05) is 28.4 Å². The molecule has 0 unspecified atom stereocenters. The number of H-pyrrole nitrogens is 1. The van der Waals surface area contributed by atoms with Gasteiger partial charge in [0.05, 0.1) is 17.3 Å². The summed E-state index contributed by atoms with van der Waals surface area (Å²) in [4.78, 5) is 7.83. The Morgan fingerprint density at radius 3 is 2.60 bits per heavy atom. The zero-order valence-corrected chi connectivity index (χ0v) is 11.1. The number of para-hydroxylation sites is 1. The minimum atomic E-state index is 0.646. The number of hydrogen-bond donors (Lipinski definition) is 1. The second kappa shape index (κ2) is 5.02. The van der Waals surface area contributed by atoms with Crippen LogP contribution >= 0.6 is 0 Å². The molecule has 0 aliphatic heterocycles. The van der Waals surface area contributed by atoms with Crippen LogP contribution in [0.3, 0.4) is 0 Å². The molecule has 0 spiro atoms. The van der Waals surface area contributed by atoms with E-state index >= 15 is 0 Å². The zero-order chi connectivity index (χ0) is 13.9. The highest BCUT2D eigenvalue weighted by Crippen LogP contribution is 2.21. The Kier molecular flexibility index (Phi) is 3.06. The Bertz CT molecular complexity index is 818. The highest BCUT2D eigenvalue weighted by Gasteiger charge is 2.04. The first-order valence-electron chi connectivity index (χ1n) is 6.39. The largest absolute Gasteiger partial charge is 0.358 e. The van der Waals surface area contributed by atoms with Crippen LogP contribution in [0.25, 0.3) is 10.9 Å². The number of nitriles is 1. The van der Waals surface area contributed by atoms with Crippen molar-refractivity contribution in [1.29, 1.82) is 5.26 Å². The van der Waals surface area contributed by atoms with Crippen molar-refractivity contribution >= 4 is 22.8 Å². The van der Waals surface area contributed by atoms with Gasteiger partial charge in [-0.05, 0) is 37.3 Å². The van der Waals surface area contributed by atoms with Gasteiger partial charge in [-0.25, -0.2) is 0 Å². The second-order valence-corrected chi connectivity index (χ2v) is 4.63. The zero-order valence-electron chi connectivity index (χ0n) is 11.1. The SMILES string of the molecule is Cc1[nH]c2ccccc2c1C=Nc1ccc(C#N)cc1. The van der Waals surface area contributed by atoms with E-state index in [9.17, 15) is 0 Å². The van der Waals surface area contributed by atoms with Gasteiger partial charge in [0.1, 0.15) is 0 Å². The maximum atomic E-state index is 8.77. The van der Waals surface area contributed by atoms with E-state index in [2.05, 4.69) is 28.2 Å². The third-order valence-electron chi connectivity index (χ3n) is 3.28. The van der Waals surface area contributed by atoms with Crippen molar-refractivity contribution in [2.45, 2.75) is 6.92 Å². The molecule has 0 amide bonds. The van der Waals surface area contributed by atoms with Crippen LogP contribution in [0.5, 0.6) is 0 Å². The summed E-state index contributed by atoms with van der Waals surface area (Å²) in [5.41, 5.74) is 4.81. The quantitative estimate of drug-likeness (QED) is 0.692. The lowest BCUT2D eigenvalue weighted by molar-refractivity contribution is 1.29. The third-order valence-corrected chi connectivity index (χ3v) is 3.28. The first kappa shape index (κ1) is 12.2. The van der Waals surface area contributed by atoms with Crippen molar-refractivity contribution < 1.29 is 0 Å². The molecular weight excluding hydrogens is 246 g/mol. The standard InChI is InChI=1S/C17H13N3/c1-12-16(15-4-2-3-5-17(15)20-12)11-19-14-8-6-13(10-18)7-9-14/h2-9,11,20H,1H3. The van der Waals surface area contributed by atoms with E-state index in [1.165, 1.54) is 5.39 Å². The number of aromatic nitrogens is 1. The molecule has 0 aliphatic rings. The smallest absolute Gasteiger partial charge is 0.0991 e. The van der Waals surface area contributed by atoms with E-state index in [-0.39, 0.29) is 0 Å². The van der Waals surface area contributed by atoms with E-state index in [4.69, 9.17) is 5.26 Å². The first-order valence-corrected chi connectivity index (χ1v) is 6.39. The number of aliphatic imine (C=N–C) groups is 1. The molecule has 0 radical (unpaired) electrons. The van der Waals surface area contributed by atoms with Gasteiger partial charge in [-0.2, -0.15) is 5.26 Å². The Labute approximate surface area is 117 Å². The van der Waals surface area contributed by atoms with Crippen LogP contribution in [0.15, 0.2) is 53.5 Å². The number of fused-ring (bicyclic) bond motifs is 1. The molecule has 1 aromatic heterocycles. The fraction of sp³-hybridized carbons (Fsp3) is 0.0588. The van der Waals surface area contributed by atoms with E-state index in [1.807, 2.05) is 37.4 Å². The molecule has 0 atom stereocenters. The molecule has 20 heavy (non-hydrogen) atoms. The molecule has 2 aromatic carbocycles. The minimum absolute atomic E-state index is 0.646. The van der Waals surface area contributed by atoms with Gasteiger partial charge in [-0.1, -0.05) is 18.2 Å². The summed E-state index contributed by atoms with van der Waals surface area (Å²) in [6, 6.07) is 17.5. The van der Waals surface area contributed by atoms with Gasteiger partial charge in [0.25, 0.3) is 0 Å². The predicted molar refractivity (Wildman–Crippen MR) is 81.4 cm³/mol. The fourth-order valence-electron chi connectivity index (χ4n) is 2.23. The molecule has 0 saturated carbocycles. The van der Waals surface area contributed by atoms with E-state index in [1.54, 1.807) is 12.1 Å². The van der Waals surface area contributed by atoms with E-state index in [0.29, 0.717) is 5.56 Å². The second-order valence-electron chi connectivity index (χ2n) is 4.63. The molecule has 96 valence electrons. The van der Waals surface area contributed by atoms with Crippen LogP contribution in [-0.2, 0) is 0 Å². The maximum Gasteiger partial charge on any atom is 0.0991 e. The van der Waals surface area contributed by atoms with Crippen LogP contribution in [0, 0.1) is 18.3 Å². The lowest BCUT2D eigenvalue weighted by atomic mass is 10.1. The summed E-state index contributed by atoms with van der Waals surface area (Å²) < 4.78 is 0. The van der Waals surface area contributed by atoms with Gasteiger partial charge < -0.3 is 4.98 Å². The average Bonchev–Trinajstić information content (AvgIpc) is 2.81. The Balaban J connectivity index is 1.98. The molecule has 0 fully saturated rings. The van der Waals surface area contributed by atoms with E-state index in [0.717, 1.165) is 22.5 Å². The molecule has 1 heterocycles. The molecule has 0 aliphatic carbocycles. The van der Waals surface area contributed by atoms with Crippen molar-refractivity contribution in [2.24, 2.45) is 4.99 Å². The first-order chi connectivity index (χ1) is 9.78. The number of rotatable bonds is 2. The van der Waals surface area contributed by atoms with Crippen LogP contribution in [-0.4, -0.2) is 11.2 Å². The van der Waals surface area contributed by atoms with Crippen molar-refractivity contribution in [3.63, 3.8) is 0 Å². The number of aryl methyl sites for hydroxylation is 1. The van der Waals surface area contributed by atoms with Gasteiger partial charge in [0.2, 0.25) is 0 Å². The van der Waals surface area contributed by atoms with Crippen LogP contribution < -0.4 is 0 Å². The summed E-state index contributed by atoms with van der Waals surface area (Å²) >= 11 is 0. The lowest BCUT2D eigenvalue weighted by Gasteiger charge is -1.95. The fourth-order valence-corrected chi connectivity index (χ4v) is 2.23. The summed E-state index contributed by atoms with van der Waals surface area (Å²) in [6.07, 6.45) is 1.87. The summed E-state index contributed by atoms with van der Waals surface area (Å²) in [6.45, 7) is 2.04. The Hall–Kier alpha value is -2.86. The third kappa shape index (κ3) is 2.19. The topological polar surface area (TPSA) is 51.9 Å². The Morgan fingerprint density at radius 1 is 1.10 bits per heavy atom. The molecule has 3 heteroatoms.